The Hall–Kier alpha value is -0.660. The number of hydrogen-bond donors (Lipinski definition) is 2. The maximum absolute atomic E-state index is 12.4. The van der Waals surface area contributed by atoms with Gasteiger partial charge in [-0.2, -0.15) is 17.4 Å². The highest BCUT2D eigenvalue weighted by Crippen LogP contribution is 2.23. The largest absolute Gasteiger partial charge is 0.481 e. The summed E-state index contributed by atoms with van der Waals surface area (Å²) in [4.78, 5) is 10.8. The van der Waals surface area contributed by atoms with Gasteiger partial charge < -0.3 is 5.11 Å². The van der Waals surface area contributed by atoms with E-state index in [2.05, 4.69) is 4.72 Å². The fraction of sp³-hybridized carbons (Fsp3) is 0.923. The molecule has 118 valence electrons. The van der Waals surface area contributed by atoms with E-state index in [1.165, 1.54) is 4.31 Å². The van der Waals surface area contributed by atoms with Gasteiger partial charge in [0.25, 0.3) is 10.2 Å². The number of carboxylic acid groups (broad SMARTS) is 1. The molecule has 1 saturated heterocycles. The number of nitrogens with zero attached hydrogens (tertiary/aromatic N) is 1. The Labute approximate surface area is 121 Å². The minimum atomic E-state index is -3.62. The second-order valence-corrected chi connectivity index (χ2v) is 8.04. The SMILES string of the molecule is CC1CC(C)CN(S(=O)(=O)NC(CC(=O)O)C(C)C)C1. The molecule has 3 unspecified atom stereocenters. The number of aliphatic carboxylic acids is 1. The van der Waals surface area contributed by atoms with Crippen molar-refractivity contribution < 1.29 is 18.3 Å². The van der Waals surface area contributed by atoms with E-state index in [9.17, 15) is 13.2 Å². The normalized spacial score (nSPS) is 26.6. The van der Waals surface area contributed by atoms with Crippen LogP contribution in [0, 0.1) is 17.8 Å². The number of piperidine rings is 1. The van der Waals surface area contributed by atoms with Crippen LogP contribution in [0.4, 0.5) is 0 Å². The first kappa shape index (κ1) is 17.4. The molecule has 1 heterocycles. The zero-order valence-corrected chi connectivity index (χ0v) is 13.5. The predicted molar refractivity (Wildman–Crippen MR) is 77.5 cm³/mol. The van der Waals surface area contributed by atoms with Gasteiger partial charge in [0.2, 0.25) is 0 Å². The molecule has 0 spiro atoms. The first-order valence-electron chi connectivity index (χ1n) is 7.11. The summed E-state index contributed by atoms with van der Waals surface area (Å²) in [6.45, 7) is 8.70. The average Bonchev–Trinajstić information content (AvgIpc) is 2.25. The third kappa shape index (κ3) is 5.03. The van der Waals surface area contributed by atoms with Gasteiger partial charge >= 0.3 is 5.97 Å². The second kappa shape index (κ2) is 6.87. The Balaban J connectivity index is 2.78. The topological polar surface area (TPSA) is 86.7 Å². The maximum Gasteiger partial charge on any atom is 0.304 e. The van der Waals surface area contributed by atoms with Crippen molar-refractivity contribution >= 4 is 16.2 Å². The van der Waals surface area contributed by atoms with Gasteiger partial charge in [-0.1, -0.05) is 27.7 Å². The molecule has 0 radical (unpaired) electrons. The van der Waals surface area contributed by atoms with Crippen molar-refractivity contribution in [3.63, 3.8) is 0 Å². The Morgan fingerprint density at radius 1 is 1.30 bits per heavy atom. The summed E-state index contributed by atoms with van der Waals surface area (Å²) in [6, 6.07) is -0.579. The molecular weight excluding hydrogens is 280 g/mol. The van der Waals surface area contributed by atoms with Gasteiger partial charge in [-0.15, -0.1) is 0 Å². The lowest BCUT2D eigenvalue weighted by Gasteiger charge is -2.35. The van der Waals surface area contributed by atoms with Gasteiger partial charge in [0.05, 0.1) is 6.42 Å². The number of carbonyl (C=O) groups is 1. The smallest absolute Gasteiger partial charge is 0.304 e. The summed E-state index contributed by atoms with van der Waals surface area (Å²) >= 11 is 0. The van der Waals surface area contributed by atoms with Crippen molar-refractivity contribution in [3.05, 3.63) is 0 Å². The third-order valence-electron chi connectivity index (χ3n) is 3.67. The van der Waals surface area contributed by atoms with Gasteiger partial charge in [0.1, 0.15) is 0 Å². The Morgan fingerprint density at radius 3 is 2.20 bits per heavy atom. The van der Waals surface area contributed by atoms with Gasteiger partial charge in [0, 0.05) is 19.1 Å². The molecule has 0 amide bonds. The van der Waals surface area contributed by atoms with E-state index in [0.29, 0.717) is 24.9 Å². The molecule has 7 heteroatoms. The standard InChI is InChI=1S/C13H26N2O4S/c1-9(2)12(6-13(16)17)14-20(18,19)15-7-10(3)5-11(4)8-15/h9-12,14H,5-8H2,1-4H3,(H,16,17). The van der Waals surface area contributed by atoms with Gasteiger partial charge in [0.15, 0.2) is 0 Å². The van der Waals surface area contributed by atoms with E-state index in [4.69, 9.17) is 5.11 Å². The van der Waals surface area contributed by atoms with Crippen LogP contribution in [0.25, 0.3) is 0 Å². The molecular formula is C13H26N2O4S. The summed E-state index contributed by atoms with van der Waals surface area (Å²) in [7, 11) is -3.62. The van der Waals surface area contributed by atoms with Gasteiger partial charge in [-0.25, -0.2) is 0 Å². The molecule has 0 bridgehead atoms. The van der Waals surface area contributed by atoms with E-state index in [1.807, 2.05) is 27.7 Å². The molecule has 0 saturated carbocycles. The van der Waals surface area contributed by atoms with E-state index >= 15 is 0 Å². The molecule has 1 fully saturated rings. The molecule has 0 aromatic heterocycles. The minimum absolute atomic E-state index is 0.0690. The molecule has 1 rings (SSSR count). The van der Waals surface area contributed by atoms with Crippen LogP contribution in [-0.2, 0) is 15.0 Å². The fourth-order valence-corrected chi connectivity index (χ4v) is 4.46. The highest BCUT2D eigenvalue weighted by Gasteiger charge is 2.33. The van der Waals surface area contributed by atoms with Gasteiger partial charge in [-0.05, 0) is 24.2 Å². The van der Waals surface area contributed by atoms with E-state index in [0.717, 1.165) is 6.42 Å². The molecule has 3 atom stereocenters. The van der Waals surface area contributed by atoms with Crippen LogP contribution in [0.5, 0.6) is 0 Å². The zero-order valence-electron chi connectivity index (χ0n) is 12.7. The van der Waals surface area contributed by atoms with E-state index < -0.39 is 22.2 Å². The second-order valence-electron chi connectivity index (χ2n) is 6.33. The fourth-order valence-electron chi connectivity index (χ4n) is 2.67. The Bertz CT molecular complexity index is 426. The maximum atomic E-state index is 12.4. The molecule has 1 aliphatic rings. The van der Waals surface area contributed by atoms with E-state index in [-0.39, 0.29) is 12.3 Å². The number of nitrogens with one attached hydrogen (secondary N) is 1. The molecule has 0 aliphatic carbocycles. The summed E-state index contributed by atoms with van der Waals surface area (Å²) in [5.74, 6) is -0.410. The van der Waals surface area contributed by atoms with Crippen molar-refractivity contribution in [1.82, 2.24) is 9.03 Å². The molecule has 20 heavy (non-hydrogen) atoms. The highest BCUT2D eigenvalue weighted by molar-refractivity contribution is 7.87. The van der Waals surface area contributed by atoms with Crippen molar-refractivity contribution in [2.24, 2.45) is 17.8 Å². The van der Waals surface area contributed by atoms with Crippen LogP contribution >= 0.6 is 0 Å². The Morgan fingerprint density at radius 2 is 1.80 bits per heavy atom. The number of carboxylic acids is 1. The third-order valence-corrected chi connectivity index (χ3v) is 5.25. The lowest BCUT2D eigenvalue weighted by molar-refractivity contribution is -0.137. The monoisotopic (exact) mass is 306 g/mol. The minimum Gasteiger partial charge on any atom is -0.481 e. The van der Waals surface area contributed by atoms with Crippen molar-refractivity contribution in [3.8, 4) is 0 Å². The average molecular weight is 306 g/mol. The first-order chi connectivity index (χ1) is 9.11. The summed E-state index contributed by atoms with van der Waals surface area (Å²) in [6.07, 6.45) is 0.824. The quantitative estimate of drug-likeness (QED) is 0.774. The summed E-state index contributed by atoms with van der Waals surface area (Å²) < 4.78 is 28.8. The summed E-state index contributed by atoms with van der Waals surface area (Å²) in [5.41, 5.74) is 0. The van der Waals surface area contributed by atoms with Crippen molar-refractivity contribution in [2.75, 3.05) is 13.1 Å². The molecule has 2 N–H and O–H groups in total. The van der Waals surface area contributed by atoms with Crippen LogP contribution < -0.4 is 4.72 Å². The first-order valence-corrected chi connectivity index (χ1v) is 8.55. The molecule has 1 aliphatic heterocycles. The van der Waals surface area contributed by atoms with E-state index in [1.54, 1.807) is 0 Å². The predicted octanol–water partition coefficient (Wildman–Crippen LogP) is 1.30. The zero-order chi connectivity index (χ0) is 15.5. The van der Waals surface area contributed by atoms with Crippen molar-refractivity contribution in [1.29, 1.82) is 0 Å². The van der Waals surface area contributed by atoms with Crippen molar-refractivity contribution in [2.45, 2.75) is 46.6 Å². The number of rotatable bonds is 6. The van der Waals surface area contributed by atoms with Crippen LogP contribution in [-0.4, -0.2) is 42.9 Å². The highest BCUT2D eigenvalue weighted by atomic mass is 32.2. The molecule has 6 nitrogen and oxygen atoms in total. The van der Waals surface area contributed by atoms with Crippen LogP contribution in [0.3, 0.4) is 0 Å². The van der Waals surface area contributed by atoms with Crippen LogP contribution in [0.2, 0.25) is 0 Å². The number of hydrogen-bond acceptors (Lipinski definition) is 3. The molecule has 0 aromatic rings. The van der Waals surface area contributed by atoms with Gasteiger partial charge in [-0.3, -0.25) is 4.79 Å². The lowest BCUT2D eigenvalue weighted by atomic mass is 9.94. The summed E-state index contributed by atoms with van der Waals surface area (Å²) in [5, 5.41) is 8.88. The Kier molecular flexibility index (Phi) is 5.97. The van der Waals surface area contributed by atoms with Crippen LogP contribution in [0.1, 0.15) is 40.5 Å². The van der Waals surface area contributed by atoms with Crippen LogP contribution in [0.15, 0.2) is 0 Å². The molecule has 0 aromatic carbocycles. The lowest BCUT2D eigenvalue weighted by Crippen LogP contribution is -2.51.